The molecule has 0 unspecified atom stereocenters. The van der Waals surface area contributed by atoms with Gasteiger partial charge in [0.05, 0.1) is 4.21 Å². The molecule has 0 aliphatic carbocycles. The van der Waals surface area contributed by atoms with Gasteiger partial charge >= 0.3 is 0 Å². The van der Waals surface area contributed by atoms with Crippen LogP contribution in [0.4, 0.5) is 0 Å². The molecule has 1 aliphatic heterocycles. The first-order valence-electron chi connectivity index (χ1n) is 3.08. The van der Waals surface area contributed by atoms with Gasteiger partial charge in [-0.1, -0.05) is 0 Å². The molecular weight excluding hydrogens is 148 g/mol. The molecule has 2 heteroatoms. The third kappa shape index (κ3) is 0.904. The van der Waals surface area contributed by atoms with Gasteiger partial charge in [-0.25, -0.2) is 0 Å². The van der Waals surface area contributed by atoms with Crippen molar-refractivity contribution in [3.63, 3.8) is 0 Å². The second-order valence-corrected chi connectivity index (χ2v) is 4.89. The zero-order valence-electron chi connectivity index (χ0n) is 5.31. The Balaban J connectivity index is 2.51. The fourth-order valence-corrected chi connectivity index (χ4v) is 3.62. The van der Waals surface area contributed by atoms with Crippen LogP contribution in [-0.4, -0.2) is 5.75 Å². The Labute approximate surface area is 63.3 Å². The molecule has 1 aliphatic rings. The van der Waals surface area contributed by atoms with Crippen molar-refractivity contribution in [3.05, 3.63) is 16.5 Å². The van der Waals surface area contributed by atoms with Crippen LogP contribution in [0.25, 0.3) is 0 Å². The topological polar surface area (TPSA) is 0 Å². The summed E-state index contributed by atoms with van der Waals surface area (Å²) in [5, 5.41) is 0. The fourth-order valence-electron chi connectivity index (χ4n) is 1.10. The number of aryl methyl sites for hydroxylation is 2. The molecule has 9 heavy (non-hydrogen) atoms. The van der Waals surface area contributed by atoms with Crippen molar-refractivity contribution in [3.8, 4) is 0 Å². The molecule has 0 bridgehead atoms. The lowest BCUT2D eigenvalue weighted by molar-refractivity contribution is 1.17. The maximum absolute atomic E-state index is 2.32. The van der Waals surface area contributed by atoms with Gasteiger partial charge in [-0.05, 0) is 25.0 Å². The highest BCUT2D eigenvalue weighted by atomic mass is 32.2. The van der Waals surface area contributed by atoms with Crippen LogP contribution in [0.15, 0.2) is 10.3 Å². The van der Waals surface area contributed by atoms with Crippen LogP contribution in [0, 0.1) is 6.92 Å². The second-order valence-electron chi connectivity index (χ2n) is 2.27. The molecule has 0 nitrogen and oxygen atoms in total. The van der Waals surface area contributed by atoms with E-state index in [1.54, 1.807) is 9.77 Å². The number of hydrogen-bond donors (Lipinski definition) is 0. The van der Waals surface area contributed by atoms with E-state index in [0.29, 0.717) is 0 Å². The van der Waals surface area contributed by atoms with Crippen LogP contribution in [0.2, 0.25) is 0 Å². The number of thioether (sulfide) groups is 1. The highest BCUT2D eigenvalue weighted by Crippen LogP contribution is 2.37. The quantitative estimate of drug-likeness (QED) is 0.556. The summed E-state index contributed by atoms with van der Waals surface area (Å²) < 4.78 is 1.56. The van der Waals surface area contributed by atoms with Crippen molar-refractivity contribution in [2.24, 2.45) is 0 Å². The molecule has 0 atom stereocenters. The number of fused-ring (bicyclic) bond motifs is 1. The van der Waals surface area contributed by atoms with Crippen LogP contribution >= 0.6 is 23.1 Å². The Morgan fingerprint density at radius 3 is 3.22 bits per heavy atom. The summed E-state index contributed by atoms with van der Waals surface area (Å²) in [6.45, 7) is 2.18. The predicted molar refractivity (Wildman–Crippen MR) is 43.5 cm³/mol. The minimum absolute atomic E-state index is 1.30. The molecule has 0 amide bonds. The van der Waals surface area contributed by atoms with E-state index in [2.05, 4.69) is 13.0 Å². The molecule has 2 heterocycles. The third-order valence-electron chi connectivity index (χ3n) is 1.50. The Hall–Kier alpha value is 0.0500. The van der Waals surface area contributed by atoms with Crippen LogP contribution in [0.1, 0.15) is 10.4 Å². The monoisotopic (exact) mass is 156 g/mol. The first kappa shape index (κ1) is 5.81. The van der Waals surface area contributed by atoms with Gasteiger partial charge in [0, 0.05) is 10.6 Å². The van der Waals surface area contributed by atoms with Gasteiger partial charge in [0.15, 0.2) is 0 Å². The van der Waals surface area contributed by atoms with Crippen LogP contribution in [0.5, 0.6) is 0 Å². The van der Waals surface area contributed by atoms with Crippen LogP contribution in [-0.2, 0) is 6.42 Å². The van der Waals surface area contributed by atoms with E-state index in [1.165, 1.54) is 17.1 Å². The zero-order valence-corrected chi connectivity index (χ0v) is 6.94. The van der Waals surface area contributed by atoms with E-state index in [9.17, 15) is 0 Å². The van der Waals surface area contributed by atoms with Crippen LogP contribution in [0.3, 0.4) is 0 Å². The van der Waals surface area contributed by atoms with Crippen molar-refractivity contribution in [1.82, 2.24) is 0 Å². The average molecular weight is 156 g/mol. The molecule has 0 fully saturated rings. The summed E-state index contributed by atoms with van der Waals surface area (Å²) in [6.07, 6.45) is 1.30. The van der Waals surface area contributed by atoms with E-state index in [1.807, 2.05) is 23.1 Å². The normalized spacial score (nSPS) is 16.1. The van der Waals surface area contributed by atoms with E-state index >= 15 is 0 Å². The Morgan fingerprint density at radius 2 is 2.44 bits per heavy atom. The van der Waals surface area contributed by atoms with Crippen molar-refractivity contribution in [2.45, 2.75) is 17.6 Å². The minimum atomic E-state index is 1.30. The molecule has 0 aromatic carbocycles. The molecule has 0 spiro atoms. The van der Waals surface area contributed by atoms with Gasteiger partial charge in [-0.15, -0.1) is 23.1 Å². The van der Waals surface area contributed by atoms with E-state index in [4.69, 9.17) is 0 Å². The van der Waals surface area contributed by atoms with Crippen molar-refractivity contribution in [1.29, 1.82) is 0 Å². The van der Waals surface area contributed by atoms with Gasteiger partial charge in [0.1, 0.15) is 0 Å². The van der Waals surface area contributed by atoms with Gasteiger partial charge < -0.3 is 0 Å². The molecule has 0 radical (unpaired) electrons. The fraction of sp³-hybridized carbons (Fsp3) is 0.429. The van der Waals surface area contributed by atoms with Crippen molar-refractivity contribution < 1.29 is 0 Å². The van der Waals surface area contributed by atoms with Gasteiger partial charge in [0.25, 0.3) is 0 Å². The lowest BCUT2D eigenvalue weighted by Gasteiger charge is -1.80. The van der Waals surface area contributed by atoms with E-state index < -0.39 is 0 Å². The first-order chi connectivity index (χ1) is 4.36. The number of thiophene rings is 1. The Morgan fingerprint density at radius 1 is 1.56 bits per heavy atom. The lowest BCUT2D eigenvalue weighted by Crippen LogP contribution is -1.73. The first-order valence-corrected chi connectivity index (χ1v) is 4.88. The SMILES string of the molecule is Cc1cc2c(s1)SCC2. The summed E-state index contributed by atoms with van der Waals surface area (Å²) in [5.41, 5.74) is 1.59. The summed E-state index contributed by atoms with van der Waals surface area (Å²) in [6, 6.07) is 2.32. The van der Waals surface area contributed by atoms with E-state index in [0.717, 1.165) is 0 Å². The summed E-state index contributed by atoms with van der Waals surface area (Å²) in [5.74, 6) is 1.31. The standard InChI is InChI=1S/C7H8S2/c1-5-4-6-2-3-8-7(6)9-5/h4H,2-3H2,1H3. The second kappa shape index (κ2) is 2.03. The molecule has 0 saturated heterocycles. The third-order valence-corrected chi connectivity index (χ3v) is 3.92. The molecule has 1 aromatic rings. The number of hydrogen-bond acceptors (Lipinski definition) is 2. The maximum Gasteiger partial charge on any atom is 0.0633 e. The zero-order chi connectivity index (χ0) is 6.27. The average Bonchev–Trinajstić information content (AvgIpc) is 2.22. The van der Waals surface area contributed by atoms with Crippen molar-refractivity contribution >= 4 is 23.1 Å². The molecular formula is C7H8S2. The predicted octanol–water partition coefficient (Wildman–Crippen LogP) is 2.70. The van der Waals surface area contributed by atoms with Gasteiger partial charge in [-0.3, -0.25) is 0 Å². The van der Waals surface area contributed by atoms with E-state index in [-0.39, 0.29) is 0 Å². The highest BCUT2D eigenvalue weighted by molar-refractivity contribution is 8.01. The summed E-state index contributed by atoms with van der Waals surface area (Å²) in [4.78, 5) is 1.47. The van der Waals surface area contributed by atoms with Crippen molar-refractivity contribution in [2.75, 3.05) is 5.75 Å². The summed E-state index contributed by atoms with van der Waals surface area (Å²) >= 11 is 3.95. The molecule has 48 valence electrons. The molecule has 1 aromatic heterocycles. The van der Waals surface area contributed by atoms with Crippen LogP contribution < -0.4 is 0 Å². The molecule has 2 rings (SSSR count). The summed E-state index contributed by atoms with van der Waals surface area (Å²) in [7, 11) is 0. The van der Waals surface area contributed by atoms with Gasteiger partial charge in [-0.2, -0.15) is 0 Å². The Kier molecular flexibility index (Phi) is 1.31. The number of rotatable bonds is 0. The lowest BCUT2D eigenvalue weighted by atomic mass is 10.2. The Bertz CT molecular complexity index is 203. The highest BCUT2D eigenvalue weighted by Gasteiger charge is 2.12. The largest absolute Gasteiger partial charge is 0.134 e. The molecule has 0 saturated carbocycles. The van der Waals surface area contributed by atoms with Gasteiger partial charge in [0.2, 0.25) is 0 Å². The maximum atomic E-state index is 2.32. The molecule has 0 N–H and O–H groups in total. The minimum Gasteiger partial charge on any atom is -0.134 e. The smallest absolute Gasteiger partial charge is 0.0633 e.